The van der Waals surface area contributed by atoms with Gasteiger partial charge in [-0.1, -0.05) is 6.92 Å². The van der Waals surface area contributed by atoms with E-state index >= 15 is 0 Å². The lowest BCUT2D eigenvalue weighted by Gasteiger charge is -1.80. The van der Waals surface area contributed by atoms with Crippen LogP contribution in [0, 0.1) is 0 Å². The molecule has 0 aliphatic rings. The Bertz CT molecular complexity index is 112. The van der Waals surface area contributed by atoms with Crippen molar-refractivity contribution in [3.8, 4) is 0 Å². The minimum Gasteiger partial charge on any atom is -0.386 e. The first-order valence-corrected chi connectivity index (χ1v) is 3.09. The van der Waals surface area contributed by atoms with E-state index in [2.05, 4.69) is 23.4 Å². The first kappa shape index (κ1) is 11.6. The average Bonchev–Trinajstić information content (AvgIpc) is 1.92. The normalized spacial score (nSPS) is 10.8. The van der Waals surface area contributed by atoms with Crippen LogP contribution in [0.5, 0.6) is 0 Å². The summed E-state index contributed by atoms with van der Waals surface area (Å²) in [6.45, 7) is 9.69. The largest absolute Gasteiger partial charge is 0.386 e. The molecular weight excluding hydrogens is 126 g/mol. The maximum Gasteiger partial charge on any atom is 0.119 e. The van der Waals surface area contributed by atoms with Crippen LogP contribution in [0.2, 0.25) is 0 Å². The third-order valence-corrected chi connectivity index (χ3v) is 0.480. The molecule has 2 N–H and O–H groups in total. The summed E-state index contributed by atoms with van der Waals surface area (Å²) in [4.78, 5) is 0. The number of amidine groups is 1. The van der Waals surface area contributed by atoms with Crippen LogP contribution < -0.4 is 5.73 Å². The van der Waals surface area contributed by atoms with Crippen molar-refractivity contribution in [1.82, 2.24) is 0 Å². The zero-order valence-corrected chi connectivity index (χ0v) is 6.67. The summed E-state index contributed by atoms with van der Waals surface area (Å²) in [7, 11) is 0. The highest BCUT2D eigenvalue weighted by Crippen LogP contribution is 1.72. The van der Waals surface area contributed by atoms with Gasteiger partial charge < -0.3 is 5.73 Å². The maximum absolute atomic E-state index is 5.17. The molecular formula is C7H15N3. The summed E-state index contributed by atoms with van der Waals surface area (Å²) >= 11 is 0. The fraction of sp³-hybridized carbons (Fsp3) is 0.429. The highest BCUT2D eigenvalue weighted by Gasteiger charge is 1.69. The van der Waals surface area contributed by atoms with Crippen molar-refractivity contribution in [2.24, 2.45) is 15.9 Å². The molecule has 0 saturated carbocycles. The molecule has 0 spiro atoms. The molecule has 0 unspecified atom stereocenters. The van der Waals surface area contributed by atoms with Crippen LogP contribution in [0.1, 0.15) is 20.3 Å². The molecule has 0 saturated heterocycles. The summed E-state index contributed by atoms with van der Waals surface area (Å²) in [6.07, 6.45) is 2.60. The van der Waals surface area contributed by atoms with Gasteiger partial charge in [0.25, 0.3) is 0 Å². The van der Waals surface area contributed by atoms with Crippen molar-refractivity contribution in [3.63, 3.8) is 0 Å². The summed E-state index contributed by atoms with van der Waals surface area (Å²) in [5.74, 6) is 0.495. The van der Waals surface area contributed by atoms with Crippen molar-refractivity contribution < 1.29 is 0 Å². The van der Waals surface area contributed by atoms with E-state index in [1.807, 2.05) is 6.92 Å². The van der Waals surface area contributed by atoms with Gasteiger partial charge in [-0.2, -0.15) is 5.10 Å². The second kappa shape index (κ2) is 10.8. The van der Waals surface area contributed by atoms with E-state index in [0.717, 1.165) is 6.42 Å². The quantitative estimate of drug-likeness (QED) is 0.270. The summed E-state index contributed by atoms with van der Waals surface area (Å²) < 4.78 is 0. The molecule has 3 nitrogen and oxygen atoms in total. The predicted octanol–water partition coefficient (Wildman–Crippen LogP) is 1.56. The van der Waals surface area contributed by atoms with E-state index in [9.17, 15) is 0 Å². The molecule has 0 aromatic heterocycles. The minimum absolute atomic E-state index is 0.495. The average molecular weight is 141 g/mol. The van der Waals surface area contributed by atoms with E-state index in [1.165, 1.54) is 0 Å². The second-order valence-corrected chi connectivity index (χ2v) is 1.45. The highest BCUT2D eigenvalue weighted by molar-refractivity contribution is 5.77. The molecule has 10 heavy (non-hydrogen) atoms. The predicted molar refractivity (Wildman–Crippen MR) is 47.3 cm³/mol. The van der Waals surface area contributed by atoms with Gasteiger partial charge >= 0.3 is 0 Å². The molecule has 0 bridgehead atoms. The summed E-state index contributed by atoms with van der Waals surface area (Å²) in [5, 5.41) is 7.21. The van der Waals surface area contributed by atoms with Gasteiger partial charge in [-0.3, -0.25) is 0 Å². The van der Waals surface area contributed by atoms with E-state index < -0.39 is 0 Å². The van der Waals surface area contributed by atoms with Crippen molar-refractivity contribution in [2.45, 2.75) is 20.3 Å². The van der Waals surface area contributed by atoms with Crippen LogP contribution in [0.15, 0.2) is 23.4 Å². The Morgan fingerprint density at radius 1 is 1.60 bits per heavy atom. The summed E-state index contributed by atoms with van der Waals surface area (Å²) in [5.41, 5.74) is 5.17. The van der Waals surface area contributed by atoms with E-state index in [0.29, 0.717) is 5.84 Å². The highest BCUT2D eigenvalue weighted by atomic mass is 15.2. The lowest BCUT2D eigenvalue weighted by molar-refractivity contribution is 1.19. The van der Waals surface area contributed by atoms with E-state index in [-0.39, 0.29) is 0 Å². The summed E-state index contributed by atoms with van der Waals surface area (Å²) in [6, 6.07) is 0. The third-order valence-electron chi connectivity index (χ3n) is 0.480. The molecule has 0 heterocycles. The molecule has 0 radical (unpaired) electrons. The zero-order valence-electron chi connectivity index (χ0n) is 6.67. The Morgan fingerprint density at radius 2 is 2.10 bits per heavy atom. The number of hydrogen-bond acceptors (Lipinski definition) is 2. The maximum atomic E-state index is 5.17. The zero-order chi connectivity index (χ0) is 8.41. The standard InChI is InChI=1S/C5H11N3.C2H4/c1-3-4-7-8-5(2)6;1-2/h4H,3H2,1-2H3,(H2,6,8);1-2H2/b7-4-;. The molecule has 0 amide bonds. The van der Waals surface area contributed by atoms with Crippen LogP contribution in [0.4, 0.5) is 0 Å². The Labute approximate surface area is 62.3 Å². The number of rotatable bonds is 2. The molecule has 0 fully saturated rings. The van der Waals surface area contributed by atoms with Crippen LogP contribution in [-0.2, 0) is 0 Å². The molecule has 0 aromatic rings. The van der Waals surface area contributed by atoms with Crippen molar-refractivity contribution in [2.75, 3.05) is 0 Å². The van der Waals surface area contributed by atoms with Gasteiger partial charge in [0.15, 0.2) is 0 Å². The van der Waals surface area contributed by atoms with Gasteiger partial charge in [0.05, 0.1) is 0 Å². The van der Waals surface area contributed by atoms with Crippen molar-refractivity contribution in [1.29, 1.82) is 0 Å². The second-order valence-electron chi connectivity index (χ2n) is 1.45. The Hall–Kier alpha value is -1.12. The minimum atomic E-state index is 0.495. The van der Waals surface area contributed by atoms with Crippen LogP contribution in [-0.4, -0.2) is 12.1 Å². The molecule has 0 rings (SSSR count). The van der Waals surface area contributed by atoms with E-state index in [4.69, 9.17) is 5.73 Å². The van der Waals surface area contributed by atoms with Gasteiger partial charge in [0.2, 0.25) is 0 Å². The molecule has 58 valence electrons. The molecule has 0 aromatic carbocycles. The number of nitrogens with zero attached hydrogens (tertiary/aromatic N) is 2. The van der Waals surface area contributed by atoms with Crippen molar-refractivity contribution >= 4 is 12.1 Å². The molecule has 0 aliphatic carbocycles. The third kappa shape index (κ3) is 15.8. The van der Waals surface area contributed by atoms with Crippen LogP contribution in [0.25, 0.3) is 0 Å². The Balaban J connectivity index is 0. The van der Waals surface area contributed by atoms with Gasteiger partial charge in [-0.15, -0.1) is 18.3 Å². The van der Waals surface area contributed by atoms with Gasteiger partial charge in [0, 0.05) is 6.21 Å². The molecule has 0 atom stereocenters. The first-order valence-electron chi connectivity index (χ1n) is 3.09. The SMILES string of the molecule is C=C.CC/C=N\N=C(\C)N. The molecule has 3 heteroatoms. The Morgan fingerprint density at radius 3 is 2.40 bits per heavy atom. The lowest BCUT2D eigenvalue weighted by atomic mass is 10.6. The fourth-order valence-electron chi connectivity index (χ4n) is 0.214. The van der Waals surface area contributed by atoms with Crippen LogP contribution >= 0.6 is 0 Å². The topological polar surface area (TPSA) is 50.7 Å². The monoisotopic (exact) mass is 141 g/mol. The smallest absolute Gasteiger partial charge is 0.119 e. The van der Waals surface area contributed by atoms with Gasteiger partial charge in [0.1, 0.15) is 5.84 Å². The van der Waals surface area contributed by atoms with Crippen LogP contribution in [0.3, 0.4) is 0 Å². The van der Waals surface area contributed by atoms with Gasteiger partial charge in [-0.05, 0) is 13.3 Å². The number of hydrogen-bond donors (Lipinski definition) is 1. The lowest BCUT2D eigenvalue weighted by Crippen LogP contribution is -2.03. The molecule has 0 aliphatic heterocycles. The fourth-order valence-corrected chi connectivity index (χ4v) is 0.214. The van der Waals surface area contributed by atoms with E-state index in [1.54, 1.807) is 13.1 Å². The van der Waals surface area contributed by atoms with Crippen molar-refractivity contribution in [3.05, 3.63) is 13.2 Å². The van der Waals surface area contributed by atoms with Gasteiger partial charge in [-0.25, -0.2) is 0 Å². The first-order chi connectivity index (χ1) is 4.77. The number of nitrogens with two attached hydrogens (primary N) is 1. The Kier molecular flexibility index (Phi) is 12.6.